The van der Waals surface area contributed by atoms with Gasteiger partial charge in [-0.25, -0.2) is 0 Å². The Hall–Kier alpha value is -4.15. The summed E-state index contributed by atoms with van der Waals surface area (Å²) in [6.45, 7) is 21.1. The minimum atomic E-state index is 0. The van der Waals surface area contributed by atoms with Crippen LogP contribution in [0.15, 0.2) is 88.0 Å². The maximum absolute atomic E-state index is 11.6. The molecule has 5 heterocycles. The largest absolute Gasteiger partial charge is 0.493 e. The Kier molecular flexibility index (Phi) is 20.1. The zero-order valence-electron chi connectivity index (χ0n) is 40.0. The van der Waals surface area contributed by atoms with E-state index < -0.39 is 0 Å². The van der Waals surface area contributed by atoms with Crippen LogP contribution < -0.4 is 33.6 Å². The van der Waals surface area contributed by atoms with E-state index in [1.165, 1.54) is 31.5 Å². The summed E-state index contributed by atoms with van der Waals surface area (Å²) in [6.07, 6.45) is 2.00. The van der Waals surface area contributed by atoms with Crippen LogP contribution in [0.5, 0.6) is 23.0 Å². The topological polar surface area (TPSA) is 73.4 Å². The molecule has 0 unspecified atom stereocenters. The number of anilines is 3. The summed E-state index contributed by atoms with van der Waals surface area (Å²) >= 11 is 7.14. The quantitative estimate of drug-likeness (QED) is 0.0929. The van der Waals surface area contributed by atoms with Crippen LogP contribution in [-0.4, -0.2) is 140 Å². The number of halogens is 3. The Labute approximate surface area is 431 Å². The van der Waals surface area contributed by atoms with Crippen LogP contribution in [0.3, 0.4) is 0 Å². The summed E-state index contributed by atoms with van der Waals surface area (Å²) < 4.78 is 27.2. The fourth-order valence-electron chi connectivity index (χ4n) is 9.41. The first-order valence-corrected chi connectivity index (χ1v) is 25.9. The van der Waals surface area contributed by atoms with Crippen molar-refractivity contribution in [1.29, 1.82) is 0 Å². The molecule has 0 saturated carbocycles. The van der Waals surface area contributed by atoms with Crippen LogP contribution in [-0.2, 0) is 4.79 Å². The maximum Gasteiger partial charge on any atom is 0.219 e. The van der Waals surface area contributed by atoms with Crippen molar-refractivity contribution in [1.82, 2.24) is 14.7 Å². The van der Waals surface area contributed by atoms with Crippen LogP contribution in [0.2, 0.25) is 0 Å². The number of aryl methyl sites for hydroxylation is 2. The molecule has 11 nitrogen and oxygen atoms in total. The molecule has 1 amide bonds. The molecule has 3 aliphatic heterocycles. The first-order valence-electron chi connectivity index (χ1n) is 23.3. The van der Waals surface area contributed by atoms with Gasteiger partial charge in [0.1, 0.15) is 0 Å². The number of rotatable bonds is 15. The summed E-state index contributed by atoms with van der Waals surface area (Å²) in [5, 5.41) is 7.14. The van der Waals surface area contributed by atoms with E-state index in [1.54, 1.807) is 21.1 Å². The maximum atomic E-state index is 11.6. The van der Waals surface area contributed by atoms with Gasteiger partial charge in [0.2, 0.25) is 5.91 Å². The highest BCUT2D eigenvalue weighted by Gasteiger charge is 2.23. The van der Waals surface area contributed by atoms with Crippen LogP contribution in [0.1, 0.15) is 30.9 Å². The fourth-order valence-corrected chi connectivity index (χ4v) is 11.6. The molecule has 9 rings (SSSR count). The van der Waals surface area contributed by atoms with Gasteiger partial charge in [-0.3, -0.25) is 14.6 Å². The summed E-state index contributed by atoms with van der Waals surface area (Å²) in [5.41, 5.74) is 6.05. The molecular weight excluding hydrogens is 1000 g/mol. The van der Waals surface area contributed by atoms with Crippen molar-refractivity contribution in [3.8, 4) is 23.0 Å². The molecule has 6 aromatic rings. The highest BCUT2D eigenvalue weighted by Crippen LogP contribution is 2.38. The van der Waals surface area contributed by atoms with E-state index in [4.69, 9.17) is 18.9 Å². The number of thiophene rings is 2. The predicted octanol–water partition coefficient (Wildman–Crippen LogP) is 10.9. The van der Waals surface area contributed by atoms with Gasteiger partial charge in [0.05, 0.1) is 27.4 Å². The monoisotopic (exact) mass is 1070 g/mol. The third-order valence-electron chi connectivity index (χ3n) is 13.1. The summed E-state index contributed by atoms with van der Waals surface area (Å²) in [4.78, 5) is 26.0. The molecule has 3 saturated heterocycles. The number of carbonyl (C=O) groups is 1. The first-order chi connectivity index (χ1) is 32.2. The summed E-state index contributed by atoms with van der Waals surface area (Å²) in [5.74, 6) is 3.40. The fraction of sp³-hybridized carbons (Fsp3) is 0.442. The average molecular weight is 1070 g/mol. The van der Waals surface area contributed by atoms with E-state index in [1.807, 2.05) is 33.6 Å². The molecular formula is C52H67BrCl2N6O5S2. The number of hydrogen-bond acceptors (Lipinski definition) is 12. The van der Waals surface area contributed by atoms with Crippen molar-refractivity contribution in [3.63, 3.8) is 0 Å². The van der Waals surface area contributed by atoms with Gasteiger partial charge in [0, 0.05) is 146 Å². The van der Waals surface area contributed by atoms with Gasteiger partial charge in [-0.05, 0) is 103 Å². The number of methoxy groups -OCH3 is 2. The minimum absolute atomic E-state index is 0. The van der Waals surface area contributed by atoms with E-state index in [9.17, 15) is 4.79 Å². The van der Waals surface area contributed by atoms with E-state index in [0.29, 0.717) is 13.2 Å². The normalized spacial score (nSPS) is 15.6. The Morgan fingerprint density at radius 1 is 0.588 bits per heavy atom. The molecule has 0 aliphatic carbocycles. The van der Waals surface area contributed by atoms with Crippen LogP contribution >= 0.6 is 63.4 Å². The average Bonchev–Trinajstić information content (AvgIpc) is 4.04. The molecule has 368 valence electrons. The van der Waals surface area contributed by atoms with Gasteiger partial charge in [0.15, 0.2) is 23.0 Å². The van der Waals surface area contributed by atoms with Crippen molar-refractivity contribution in [2.45, 2.75) is 33.6 Å². The predicted molar refractivity (Wildman–Crippen MR) is 293 cm³/mol. The smallest absolute Gasteiger partial charge is 0.219 e. The second-order valence-electron chi connectivity index (χ2n) is 17.3. The Balaban J connectivity index is 0.000000223. The van der Waals surface area contributed by atoms with Gasteiger partial charge in [0.25, 0.3) is 0 Å². The lowest BCUT2D eigenvalue weighted by molar-refractivity contribution is -0.129. The molecule has 0 spiro atoms. The summed E-state index contributed by atoms with van der Waals surface area (Å²) in [6, 6.07) is 26.0. The van der Waals surface area contributed by atoms with Gasteiger partial charge in [-0.15, -0.1) is 47.5 Å². The molecule has 3 aliphatic rings. The SMILES string of the molecule is COc1cc(Br)cc(C)c1OCCCN1CCN(c2cccc3sccc23)CC1.COc1cc(N2CCN(C(C)=O)CC2)cc(C)c1OCCCN1CCN(c2cccc3sccc23)CC1.Cl.Cl. The van der Waals surface area contributed by atoms with E-state index in [0.717, 1.165) is 149 Å². The van der Waals surface area contributed by atoms with Crippen LogP contribution in [0.25, 0.3) is 20.2 Å². The van der Waals surface area contributed by atoms with E-state index in [-0.39, 0.29) is 30.7 Å². The first kappa shape index (κ1) is 53.2. The molecule has 0 bridgehead atoms. The third-order valence-corrected chi connectivity index (χ3v) is 15.3. The van der Waals surface area contributed by atoms with E-state index >= 15 is 0 Å². The molecule has 68 heavy (non-hydrogen) atoms. The number of nitrogens with zero attached hydrogens (tertiary/aromatic N) is 6. The van der Waals surface area contributed by atoms with Crippen molar-refractivity contribution in [3.05, 3.63) is 99.2 Å². The number of carbonyl (C=O) groups excluding carboxylic acids is 1. The molecule has 4 aromatic carbocycles. The number of piperazine rings is 3. The molecule has 16 heteroatoms. The van der Waals surface area contributed by atoms with Gasteiger partial charge < -0.3 is 38.5 Å². The lowest BCUT2D eigenvalue weighted by Gasteiger charge is -2.36. The molecule has 3 fully saturated rings. The molecule has 0 atom stereocenters. The van der Waals surface area contributed by atoms with Gasteiger partial charge in [-0.1, -0.05) is 28.1 Å². The van der Waals surface area contributed by atoms with Crippen LogP contribution in [0.4, 0.5) is 17.1 Å². The van der Waals surface area contributed by atoms with Crippen molar-refractivity contribution in [2.75, 3.05) is 134 Å². The van der Waals surface area contributed by atoms with Gasteiger partial charge >= 0.3 is 0 Å². The summed E-state index contributed by atoms with van der Waals surface area (Å²) in [7, 11) is 3.39. The van der Waals surface area contributed by atoms with E-state index in [2.05, 4.69) is 132 Å². The lowest BCUT2D eigenvalue weighted by Crippen LogP contribution is -2.48. The number of amides is 1. The number of hydrogen-bond donors (Lipinski definition) is 0. The van der Waals surface area contributed by atoms with Crippen molar-refractivity contribution >= 4 is 107 Å². The second-order valence-corrected chi connectivity index (χ2v) is 20.1. The van der Waals surface area contributed by atoms with Crippen molar-refractivity contribution < 1.29 is 23.7 Å². The highest BCUT2D eigenvalue weighted by molar-refractivity contribution is 9.10. The zero-order chi connectivity index (χ0) is 46.0. The molecule has 2 aromatic heterocycles. The minimum Gasteiger partial charge on any atom is -0.493 e. The van der Waals surface area contributed by atoms with Crippen LogP contribution in [0, 0.1) is 13.8 Å². The van der Waals surface area contributed by atoms with Gasteiger partial charge in [-0.2, -0.15) is 0 Å². The standard InChI is InChI=1S/C29H38N4O3S.C23H27BrN2O2S.2ClH/c1-22-20-24(32-16-14-31(15-17-32)23(2)34)21-27(35-3)29(22)36-18-5-9-30-10-12-33(13-11-30)26-6-4-7-28-25(26)8-19-37-28;1-17-15-18(24)16-21(27-2)23(17)28-13-4-8-25-9-11-26(12-10-25)20-5-3-6-22-19(20)7-14-29-22;;/h4,6-8,19-21H,5,9-18H2,1-3H3;3,5-7,14-16H,4,8-13H2,1-2H3;2*1H. The molecule has 0 N–H and O–H groups in total. The third kappa shape index (κ3) is 13.2. The lowest BCUT2D eigenvalue weighted by atomic mass is 10.1. The second kappa shape index (κ2) is 25.6. The zero-order valence-corrected chi connectivity index (χ0v) is 44.9. The number of fused-ring (bicyclic) bond motifs is 2. The Morgan fingerprint density at radius 2 is 1.04 bits per heavy atom. The Bertz CT molecular complexity index is 2540. The number of benzene rings is 4. The van der Waals surface area contributed by atoms with Crippen molar-refractivity contribution in [2.24, 2.45) is 0 Å². The highest BCUT2D eigenvalue weighted by atomic mass is 79.9. The molecule has 0 radical (unpaired) electrons. The number of ether oxygens (including phenoxy) is 4. The Morgan fingerprint density at radius 3 is 1.51 bits per heavy atom.